The molecule has 2 amide bonds. The van der Waals surface area contributed by atoms with Gasteiger partial charge in [-0.15, -0.1) is 0 Å². The van der Waals surface area contributed by atoms with Crippen LogP contribution in [0.5, 0.6) is 0 Å². The summed E-state index contributed by atoms with van der Waals surface area (Å²) in [6.07, 6.45) is 3.09. The summed E-state index contributed by atoms with van der Waals surface area (Å²) in [5, 5.41) is 0. The zero-order valence-electron chi connectivity index (χ0n) is 11.7. The molecule has 6 heteroatoms. The molecule has 1 aliphatic heterocycles. The van der Waals surface area contributed by atoms with Crippen molar-refractivity contribution in [3.8, 4) is 0 Å². The summed E-state index contributed by atoms with van der Waals surface area (Å²) in [7, 11) is 3.54. The number of nitrogens with zero attached hydrogens (tertiary/aromatic N) is 3. The van der Waals surface area contributed by atoms with Crippen LogP contribution in [-0.2, 0) is 4.79 Å². The minimum absolute atomic E-state index is 0.0271. The summed E-state index contributed by atoms with van der Waals surface area (Å²) in [6.45, 7) is 1.23. The SMILES string of the molecule is CN(C)C(=O)C1CCN(C(=O)c2cccnc2Br)CC1. The van der Waals surface area contributed by atoms with Crippen LogP contribution < -0.4 is 0 Å². The van der Waals surface area contributed by atoms with Crippen LogP contribution in [0.15, 0.2) is 22.9 Å². The molecule has 5 nitrogen and oxygen atoms in total. The Bertz CT molecular complexity index is 511. The summed E-state index contributed by atoms with van der Waals surface area (Å²) in [4.78, 5) is 31.8. The highest BCUT2D eigenvalue weighted by Crippen LogP contribution is 2.22. The number of hydrogen-bond donors (Lipinski definition) is 0. The van der Waals surface area contributed by atoms with Gasteiger partial charge in [0.05, 0.1) is 5.56 Å². The molecule has 0 aromatic carbocycles. The van der Waals surface area contributed by atoms with Gasteiger partial charge in [-0.2, -0.15) is 0 Å². The summed E-state index contributed by atoms with van der Waals surface area (Å²) < 4.78 is 0.566. The molecule has 0 unspecified atom stereocenters. The van der Waals surface area contributed by atoms with Crippen molar-refractivity contribution in [2.45, 2.75) is 12.8 Å². The van der Waals surface area contributed by atoms with Crippen molar-refractivity contribution >= 4 is 27.7 Å². The predicted octanol–water partition coefficient (Wildman–Crippen LogP) is 1.78. The fraction of sp³-hybridized carbons (Fsp3) is 0.500. The van der Waals surface area contributed by atoms with E-state index in [2.05, 4.69) is 20.9 Å². The van der Waals surface area contributed by atoms with E-state index < -0.39 is 0 Å². The summed E-state index contributed by atoms with van der Waals surface area (Å²) in [6, 6.07) is 3.51. The Morgan fingerprint density at radius 3 is 2.55 bits per heavy atom. The van der Waals surface area contributed by atoms with E-state index in [1.165, 1.54) is 0 Å². The van der Waals surface area contributed by atoms with Gasteiger partial charge in [0.2, 0.25) is 5.91 Å². The summed E-state index contributed by atoms with van der Waals surface area (Å²) >= 11 is 3.30. The van der Waals surface area contributed by atoms with Gasteiger partial charge in [0.25, 0.3) is 5.91 Å². The molecular weight excluding hydrogens is 322 g/mol. The molecule has 0 spiro atoms. The first-order valence-corrected chi connectivity index (χ1v) is 7.41. The number of amides is 2. The molecule has 0 saturated carbocycles. The Labute approximate surface area is 127 Å². The highest BCUT2D eigenvalue weighted by Gasteiger charge is 2.29. The van der Waals surface area contributed by atoms with E-state index in [-0.39, 0.29) is 17.7 Å². The normalized spacial score (nSPS) is 16.1. The van der Waals surface area contributed by atoms with Crippen molar-refractivity contribution in [2.75, 3.05) is 27.2 Å². The van der Waals surface area contributed by atoms with Crippen molar-refractivity contribution < 1.29 is 9.59 Å². The zero-order chi connectivity index (χ0) is 14.7. The molecule has 1 fully saturated rings. The molecule has 1 aromatic heterocycles. The van der Waals surface area contributed by atoms with Crippen LogP contribution in [0.3, 0.4) is 0 Å². The van der Waals surface area contributed by atoms with Crippen molar-refractivity contribution in [3.63, 3.8) is 0 Å². The lowest BCUT2D eigenvalue weighted by Gasteiger charge is -2.32. The molecule has 0 N–H and O–H groups in total. The smallest absolute Gasteiger partial charge is 0.256 e. The van der Waals surface area contributed by atoms with E-state index in [1.807, 2.05) is 0 Å². The maximum Gasteiger partial charge on any atom is 0.256 e. The summed E-state index contributed by atoms with van der Waals surface area (Å²) in [5.74, 6) is 0.159. The molecule has 0 radical (unpaired) electrons. The number of halogens is 1. The number of aromatic nitrogens is 1. The standard InChI is InChI=1S/C14H18BrN3O2/c1-17(2)13(19)10-5-8-18(9-6-10)14(20)11-4-3-7-16-12(11)15/h3-4,7,10H,5-6,8-9H2,1-2H3. The first kappa shape index (κ1) is 15.0. The second-order valence-electron chi connectivity index (χ2n) is 5.14. The van der Waals surface area contributed by atoms with E-state index in [0.717, 1.165) is 12.8 Å². The Hall–Kier alpha value is -1.43. The molecule has 0 atom stereocenters. The molecule has 1 aliphatic rings. The van der Waals surface area contributed by atoms with E-state index in [4.69, 9.17) is 0 Å². The van der Waals surface area contributed by atoms with E-state index in [1.54, 1.807) is 42.2 Å². The quantitative estimate of drug-likeness (QED) is 0.772. The minimum Gasteiger partial charge on any atom is -0.349 e. The van der Waals surface area contributed by atoms with Crippen molar-refractivity contribution in [1.29, 1.82) is 0 Å². The van der Waals surface area contributed by atoms with Gasteiger partial charge in [-0.3, -0.25) is 9.59 Å². The van der Waals surface area contributed by atoms with Crippen LogP contribution >= 0.6 is 15.9 Å². The lowest BCUT2D eigenvalue weighted by molar-refractivity contribution is -0.134. The maximum absolute atomic E-state index is 12.4. The Morgan fingerprint density at radius 2 is 2.00 bits per heavy atom. The van der Waals surface area contributed by atoms with E-state index in [0.29, 0.717) is 23.3 Å². The van der Waals surface area contributed by atoms with Gasteiger partial charge in [0.15, 0.2) is 0 Å². The lowest BCUT2D eigenvalue weighted by atomic mass is 9.95. The number of likely N-dealkylation sites (tertiary alicyclic amines) is 1. The van der Waals surface area contributed by atoms with Crippen LogP contribution in [0.25, 0.3) is 0 Å². The van der Waals surface area contributed by atoms with Crippen molar-refractivity contribution in [3.05, 3.63) is 28.5 Å². The monoisotopic (exact) mass is 339 g/mol. The molecule has 1 aromatic rings. The highest BCUT2D eigenvalue weighted by molar-refractivity contribution is 9.10. The minimum atomic E-state index is -0.0271. The molecule has 0 aliphatic carbocycles. The molecule has 20 heavy (non-hydrogen) atoms. The van der Waals surface area contributed by atoms with Crippen molar-refractivity contribution in [2.24, 2.45) is 5.92 Å². The third-order valence-corrected chi connectivity index (χ3v) is 4.19. The molecular formula is C14H18BrN3O2. The number of carbonyl (C=O) groups is 2. The predicted molar refractivity (Wildman–Crippen MR) is 79.3 cm³/mol. The second-order valence-corrected chi connectivity index (χ2v) is 5.89. The third-order valence-electron chi connectivity index (χ3n) is 3.56. The van der Waals surface area contributed by atoms with E-state index in [9.17, 15) is 9.59 Å². The fourth-order valence-corrected chi connectivity index (χ4v) is 2.83. The van der Waals surface area contributed by atoms with Gasteiger partial charge >= 0.3 is 0 Å². The number of piperidine rings is 1. The number of rotatable bonds is 2. The molecule has 0 bridgehead atoms. The van der Waals surface area contributed by atoms with Crippen LogP contribution in [0.4, 0.5) is 0 Å². The average Bonchev–Trinajstić information content (AvgIpc) is 2.46. The van der Waals surface area contributed by atoms with Gasteiger partial charge in [-0.1, -0.05) is 0 Å². The number of hydrogen-bond acceptors (Lipinski definition) is 3. The van der Waals surface area contributed by atoms with Crippen LogP contribution in [0, 0.1) is 5.92 Å². The maximum atomic E-state index is 12.4. The summed E-state index contributed by atoms with van der Waals surface area (Å²) in [5.41, 5.74) is 0.574. The van der Waals surface area contributed by atoms with Crippen LogP contribution in [0.2, 0.25) is 0 Å². The van der Waals surface area contributed by atoms with Gasteiger partial charge in [0.1, 0.15) is 4.60 Å². The average molecular weight is 340 g/mol. The molecule has 108 valence electrons. The molecule has 2 rings (SSSR count). The first-order valence-electron chi connectivity index (χ1n) is 6.61. The van der Waals surface area contributed by atoms with Crippen molar-refractivity contribution in [1.82, 2.24) is 14.8 Å². The molecule has 2 heterocycles. The largest absolute Gasteiger partial charge is 0.349 e. The zero-order valence-corrected chi connectivity index (χ0v) is 13.3. The lowest BCUT2D eigenvalue weighted by Crippen LogP contribution is -2.42. The van der Waals surface area contributed by atoms with Gasteiger partial charge < -0.3 is 9.80 Å². The Balaban J connectivity index is 1.99. The highest BCUT2D eigenvalue weighted by atomic mass is 79.9. The Kier molecular flexibility index (Phi) is 4.75. The van der Waals surface area contributed by atoms with Gasteiger partial charge in [-0.05, 0) is 40.9 Å². The van der Waals surface area contributed by atoms with Crippen LogP contribution in [-0.4, -0.2) is 53.8 Å². The topological polar surface area (TPSA) is 53.5 Å². The number of pyridine rings is 1. The second kappa shape index (κ2) is 6.35. The molecule has 1 saturated heterocycles. The van der Waals surface area contributed by atoms with Gasteiger partial charge in [-0.25, -0.2) is 4.98 Å². The number of carbonyl (C=O) groups excluding carboxylic acids is 2. The Morgan fingerprint density at radius 1 is 1.35 bits per heavy atom. The van der Waals surface area contributed by atoms with Crippen LogP contribution in [0.1, 0.15) is 23.2 Å². The fourth-order valence-electron chi connectivity index (χ4n) is 2.41. The first-order chi connectivity index (χ1) is 9.50. The van der Waals surface area contributed by atoms with E-state index >= 15 is 0 Å². The van der Waals surface area contributed by atoms with Gasteiger partial charge in [0, 0.05) is 39.3 Å². The third kappa shape index (κ3) is 3.17.